The molecule has 5 nitrogen and oxygen atoms in total. The van der Waals surface area contributed by atoms with Crippen molar-refractivity contribution in [2.75, 3.05) is 0 Å². The van der Waals surface area contributed by atoms with Crippen molar-refractivity contribution in [1.29, 1.82) is 0 Å². The predicted molar refractivity (Wildman–Crippen MR) is 138 cm³/mol. The molecule has 3 aromatic carbocycles. The second-order valence-electron chi connectivity index (χ2n) is 8.36. The molecule has 0 N–H and O–H groups in total. The molecule has 0 spiro atoms. The molecule has 219 valence electrons. The molecule has 3 heterocycles. The third kappa shape index (κ3) is 7.80. The van der Waals surface area contributed by atoms with Crippen LogP contribution in [0.15, 0.2) is 91.6 Å². The molecular formula is C30H20F6IrN5-3. The van der Waals surface area contributed by atoms with Gasteiger partial charge in [0.05, 0.1) is 17.5 Å². The van der Waals surface area contributed by atoms with Crippen molar-refractivity contribution in [3.8, 4) is 22.6 Å². The third-order valence-electron chi connectivity index (χ3n) is 5.47. The van der Waals surface area contributed by atoms with Crippen molar-refractivity contribution < 1.29 is 51.1 Å². The van der Waals surface area contributed by atoms with Crippen molar-refractivity contribution in [2.24, 2.45) is 7.05 Å². The van der Waals surface area contributed by atoms with Gasteiger partial charge in [-0.1, -0.05) is 29.8 Å². The van der Waals surface area contributed by atoms with Crippen molar-refractivity contribution in [2.45, 2.75) is 0 Å². The molecular weight excluding hydrogens is 737 g/mol. The maximum atomic E-state index is 13.3. The largest absolute Gasteiger partial charge is 0.414 e. The summed E-state index contributed by atoms with van der Waals surface area (Å²) >= 11 is 0. The minimum Gasteiger partial charge on any atom is -0.414 e. The van der Waals surface area contributed by atoms with Crippen LogP contribution in [0, 0.1) is 54.0 Å². The van der Waals surface area contributed by atoms with Crippen molar-refractivity contribution in [3.05, 3.63) is 151 Å². The minimum atomic E-state index is -0.677. The third-order valence-corrected chi connectivity index (χ3v) is 5.47. The Hall–Kier alpha value is -4.54. The first-order valence-electron chi connectivity index (χ1n) is 11.8. The van der Waals surface area contributed by atoms with Crippen LogP contribution in [0.1, 0.15) is 5.56 Å². The number of halogens is 6. The molecule has 0 aliphatic rings. The number of benzene rings is 3. The standard InChI is InChI=1S/C11H8F2N.C10H7F2N2.C9H5F2N2.Ir/c1-14-6-2-3-11(14)9-5-4-8(12)7-10(9)13;1-7-5-8(11)6-9(12)10(7)14-4-2-3-13-14;10-7-2-3-9(8(11)6-7)13-5-1-4-12-13;/h2-4,6-7H,1H3;2-6H,1H2;1-2,4-6H;/q3*-1;. The predicted octanol–water partition coefficient (Wildman–Crippen LogP) is 6.10. The average Bonchev–Trinajstić information content (AvgIpc) is 3.69. The summed E-state index contributed by atoms with van der Waals surface area (Å²) in [6.45, 7) is 3.56. The van der Waals surface area contributed by atoms with E-state index >= 15 is 0 Å². The Morgan fingerprint density at radius 3 is 2.07 bits per heavy atom. The van der Waals surface area contributed by atoms with Crippen LogP contribution in [-0.4, -0.2) is 14.3 Å². The summed E-state index contributed by atoms with van der Waals surface area (Å²) in [4.78, 5) is 0. The molecule has 3 aromatic heterocycles. The SMILES string of the molecule is Cn1cccc1-c1[c-]cc(F)cc1F.Fc1c[c-]c(-[n+]2ccc[n-]2)c(F)c1.[CH2-]c1cc(F)cc(F)c1-n1cccn1.[Ir]. The maximum Gasteiger partial charge on any atom is 0.161 e. The molecule has 0 atom stereocenters. The normalized spacial score (nSPS) is 10.2. The van der Waals surface area contributed by atoms with E-state index in [9.17, 15) is 26.3 Å². The van der Waals surface area contributed by atoms with E-state index < -0.39 is 34.9 Å². The molecule has 0 fully saturated rings. The fourth-order valence-corrected chi connectivity index (χ4v) is 3.65. The number of aromatic nitrogens is 5. The van der Waals surface area contributed by atoms with E-state index in [1.165, 1.54) is 27.8 Å². The Balaban J connectivity index is 0.000000171. The van der Waals surface area contributed by atoms with Gasteiger partial charge in [-0.2, -0.15) is 17.6 Å². The van der Waals surface area contributed by atoms with Gasteiger partial charge >= 0.3 is 0 Å². The van der Waals surface area contributed by atoms with Gasteiger partial charge in [0.2, 0.25) is 0 Å². The summed E-state index contributed by atoms with van der Waals surface area (Å²) in [6.07, 6.45) is 7.96. The van der Waals surface area contributed by atoms with Gasteiger partial charge in [0.25, 0.3) is 0 Å². The zero-order valence-corrected chi connectivity index (χ0v) is 24.1. The van der Waals surface area contributed by atoms with Crippen LogP contribution in [0.4, 0.5) is 26.3 Å². The molecule has 0 aliphatic carbocycles. The zero-order valence-electron chi connectivity index (χ0n) is 21.7. The maximum absolute atomic E-state index is 13.3. The number of hydrogen-bond acceptors (Lipinski definition) is 1. The average molecular weight is 757 g/mol. The summed E-state index contributed by atoms with van der Waals surface area (Å²) < 4.78 is 81.9. The Labute approximate surface area is 251 Å². The van der Waals surface area contributed by atoms with Gasteiger partial charge in [-0.15, -0.1) is 36.5 Å². The van der Waals surface area contributed by atoms with E-state index in [-0.39, 0.29) is 37.0 Å². The topological polar surface area (TPSA) is 40.7 Å². The summed E-state index contributed by atoms with van der Waals surface area (Å²) in [5, 5.41) is 7.65. The number of rotatable bonds is 3. The molecule has 6 rings (SSSR count). The van der Waals surface area contributed by atoms with Gasteiger partial charge in [-0.3, -0.25) is 26.9 Å². The number of hydrogen-bond donors (Lipinski definition) is 0. The van der Waals surface area contributed by atoms with E-state index in [4.69, 9.17) is 0 Å². The minimum absolute atomic E-state index is 0. The van der Waals surface area contributed by atoms with Crippen LogP contribution in [0.25, 0.3) is 22.6 Å². The van der Waals surface area contributed by atoms with Gasteiger partial charge < -0.3 is 9.67 Å². The van der Waals surface area contributed by atoms with Crippen LogP contribution < -0.4 is 9.78 Å². The first-order chi connectivity index (χ1) is 19.6. The smallest absolute Gasteiger partial charge is 0.161 e. The monoisotopic (exact) mass is 757 g/mol. The second-order valence-corrected chi connectivity index (χ2v) is 8.36. The van der Waals surface area contributed by atoms with Crippen LogP contribution >= 0.6 is 0 Å². The van der Waals surface area contributed by atoms with Crippen LogP contribution in [-0.2, 0) is 27.2 Å². The molecule has 0 saturated heterocycles. The van der Waals surface area contributed by atoms with Crippen molar-refractivity contribution in [1.82, 2.24) is 19.4 Å². The van der Waals surface area contributed by atoms with E-state index in [1.807, 2.05) is 0 Å². The molecule has 0 bridgehead atoms. The fourth-order valence-electron chi connectivity index (χ4n) is 3.65. The van der Waals surface area contributed by atoms with Crippen LogP contribution in [0.2, 0.25) is 0 Å². The molecule has 0 aliphatic heterocycles. The van der Waals surface area contributed by atoms with E-state index in [2.05, 4.69) is 29.3 Å². The van der Waals surface area contributed by atoms with Crippen molar-refractivity contribution >= 4 is 0 Å². The summed E-state index contributed by atoms with van der Waals surface area (Å²) in [5.41, 5.74) is 1.54. The van der Waals surface area contributed by atoms with E-state index in [0.717, 1.165) is 30.3 Å². The van der Waals surface area contributed by atoms with Crippen LogP contribution in [0.3, 0.4) is 0 Å². The van der Waals surface area contributed by atoms with Gasteiger partial charge in [0, 0.05) is 57.0 Å². The van der Waals surface area contributed by atoms with Gasteiger partial charge in [0.15, 0.2) is 6.20 Å². The number of nitrogens with zero attached hydrogens (tertiary/aromatic N) is 5. The van der Waals surface area contributed by atoms with Gasteiger partial charge in [-0.25, -0.2) is 8.78 Å². The molecule has 0 amide bonds. The molecule has 6 aromatic rings. The van der Waals surface area contributed by atoms with Gasteiger partial charge in [0.1, 0.15) is 5.69 Å². The molecule has 0 unspecified atom stereocenters. The quantitative estimate of drug-likeness (QED) is 0.125. The molecule has 12 heteroatoms. The summed E-state index contributed by atoms with van der Waals surface area (Å²) in [7, 11) is 1.80. The fraction of sp³-hybridized carbons (Fsp3) is 0.0333. The number of aryl methyl sites for hydroxylation is 1. The Morgan fingerprint density at radius 1 is 0.833 bits per heavy atom. The zero-order chi connectivity index (χ0) is 29.5. The molecule has 1 radical (unpaired) electrons. The van der Waals surface area contributed by atoms with Crippen LogP contribution in [0.5, 0.6) is 0 Å². The Morgan fingerprint density at radius 2 is 1.52 bits per heavy atom. The second kappa shape index (κ2) is 14.4. The summed E-state index contributed by atoms with van der Waals surface area (Å²) in [6, 6.07) is 17.7. The Bertz CT molecular complexity index is 1710. The first kappa shape index (κ1) is 32.0. The van der Waals surface area contributed by atoms with Gasteiger partial charge in [-0.05, 0) is 35.8 Å². The Kier molecular flexibility index (Phi) is 11.0. The molecule has 0 saturated carbocycles. The first-order valence-corrected chi connectivity index (χ1v) is 11.8. The molecule has 42 heavy (non-hydrogen) atoms. The van der Waals surface area contributed by atoms with Crippen molar-refractivity contribution in [3.63, 3.8) is 0 Å². The summed E-state index contributed by atoms with van der Waals surface area (Å²) in [5.74, 6) is -3.83. The van der Waals surface area contributed by atoms with E-state index in [1.54, 1.807) is 54.5 Å². The van der Waals surface area contributed by atoms with E-state index in [0.29, 0.717) is 11.3 Å².